The lowest BCUT2D eigenvalue weighted by Crippen LogP contribution is -2.27. The van der Waals surface area contributed by atoms with Crippen LogP contribution < -0.4 is 0 Å². The molecule has 0 saturated heterocycles. The van der Waals surface area contributed by atoms with Crippen molar-refractivity contribution < 1.29 is 0 Å². The fourth-order valence-electron chi connectivity index (χ4n) is 2.12. The van der Waals surface area contributed by atoms with E-state index in [4.69, 9.17) is 5.26 Å². The van der Waals surface area contributed by atoms with Crippen molar-refractivity contribution >= 4 is 0 Å². The van der Waals surface area contributed by atoms with Crippen molar-refractivity contribution in [1.29, 1.82) is 5.26 Å². The van der Waals surface area contributed by atoms with Gasteiger partial charge in [0.2, 0.25) is 0 Å². The van der Waals surface area contributed by atoms with Crippen LogP contribution >= 0.6 is 0 Å². The summed E-state index contributed by atoms with van der Waals surface area (Å²) in [5, 5.41) is 9.13. The third kappa shape index (κ3) is 4.16. The summed E-state index contributed by atoms with van der Waals surface area (Å²) in [5.74, 6) is 0.525. The molecule has 1 unspecified atom stereocenters. The maximum absolute atomic E-state index is 9.13. The predicted molar refractivity (Wildman–Crippen MR) is 76.2 cm³/mol. The molecule has 1 aromatic rings. The molecule has 0 aliphatic carbocycles. The maximum Gasteiger partial charge on any atom is 0.0672 e. The highest BCUT2D eigenvalue weighted by atomic mass is 15.1. The third-order valence-electron chi connectivity index (χ3n) is 3.42. The molecule has 0 heterocycles. The Bertz CT molecular complexity index is 429. The van der Waals surface area contributed by atoms with E-state index in [1.165, 1.54) is 16.7 Å². The summed E-state index contributed by atoms with van der Waals surface area (Å²) in [6, 6.07) is 8.96. The van der Waals surface area contributed by atoms with E-state index in [9.17, 15) is 0 Å². The lowest BCUT2D eigenvalue weighted by molar-refractivity contribution is 0.265. The summed E-state index contributed by atoms with van der Waals surface area (Å²) < 4.78 is 0. The molecule has 0 N–H and O–H groups in total. The summed E-state index contributed by atoms with van der Waals surface area (Å²) in [5.41, 5.74) is 3.99. The van der Waals surface area contributed by atoms with Gasteiger partial charge in [-0.25, -0.2) is 0 Å². The number of benzene rings is 1. The Kier molecular flexibility index (Phi) is 5.37. The Morgan fingerprint density at radius 1 is 1.28 bits per heavy atom. The number of rotatable bonds is 5. The number of nitriles is 1. The molecule has 2 heteroatoms. The first-order valence-electron chi connectivity index (χ1n) is 6.58. The molecule has 0 amide bonds. The second-order valence-corrected chi connectivity index (χ2v) is 5.61. The summed E-state index contributed by atoms with van der Waals surface area (Å²) in [6.07, 6.45) is 0. The van der Waals surface area contributed by atoms with Crippen LogP contribution in [-0.4, -0.2) is 18.5 Å². The molecule has 0 saturated carbocycles. The minimum atomic E-state index is 0.112. The molecular formula is C16H24N2. The van der Waals surface area contributed by atoms with Gasteiger partial charge in [-0.15, -0.1) is 0 Å². The molecule has 2 nitrogen and oxygen atoms in total. The van der Waals surface area contributed by atoms with Crippen LogP contribution in [0.2, 0.25) is 0 Å². The molecule has 1 atom stereocenters. The summed E-state index contributed by atoms with van der Waals surface area (Å²) >= 11 is 0. The van der Waals surface area contributed by atoms with Gasteiger partial charge in [0, 0.05) is 13.1 Å². The Balaban J connectivity index is 2.65. The molecule has 0 fully saturated rings. The highest BCUT2D eigenvalue weighted by Gasteiger charge is 2.15. The van der Waals surface area contributed by atoms with Gasteiger partial charge < -0.3 is 4.90 Å². The zero-order valence-corrected chi connectivity index (χ0v) is 12.2. The average molecular weight is 244 g/mol. The Morgan fingerprint density at radius 2 is 1.94 bits per heavy atom. The van der Waals surface area contributed by atoms with Gasteiger partial charge in [-0.05, 0) is 37.9 Å². The van der Waals surface area contributed by atoms with E-state index >= 15 is 0 Å². The normalized spacial score (nSPS) is 12.8. The highest BCUT2D eigenvalue weighted by Crippen LogP contribution is 2.15. The molecule has 0 radical (unpaired) electrons. The van der Waals surface area contributed by atoms with E-state index in [0.29, 0.717) is 5.92 Å². The van der Waals surface area contributed by atoms with Crippen molar-refractivity contribution in [1.82, 2.24) is 4.90 Å². The topological polar surface area (TPSA) is 27.0 Å². The van der Waals surface area contributed by atoms with Crippen molar-refractivity contribution in [2.75, 3.05) is 13.6 Å². The van der Waals surface area contributed by atoms with Gasteiger partial charge in [-0.3, -0.25) is 0 Å². The van der Waals surface area contributed by atoms with Crippen LogP contribution in [0.15, 0.2) is 18.2 Å². The summed E-state index contributed by atoms with van der Waals surface area (Å²) in [4.78, 5) is 2.24. The van der Waals surface area contributed by atoms with Crippen molar-refractivity contribution in [3.05, 3.63) is 34.9 Å². The van der Waals surface area contributed by atoms with Crippen molar-refractivity contribution in [2.24, 2.45) is 11.8 Å². The maximum atomic E-state index is 9.13. The Hall–Kier alpha value is -1.33. The second-order valence-electron chi connectivity index (χ2n) is 5.61. The third-order valence-corrected chi connectivity index (χ3v) is 3.42. The molecule has 1 rings (SSSR count). The van der Waals surface area contributed by atoms with Gasteiger partial charge >= 0.3 is 0 Å². The minimum Gasteiger partial charge on any atom is -0.301 e. The van der Waals surface area contributed by atoms with Crippen LogP contribution in [0.25, 0.3) is 0 Å². The monoisotopic (exact) mass is 244 g/mol. The summed E-state index contributed by atoms with van der Waals surface area (Å²) in [7, 11) is 2.09. The Labute approximate surface area is 111 Å². The Morgan fingerprint density at radius 3 is 2.44 bits per heavy atom. The molecule has 18 heavy (non-hydrogen) atoms. The van der Waals surface area contributed by atoms with Crippen LogP contribution in [-0.2, 0) is 6.54 Å². The molecule has 98 valence electrons. The van der Waals surface area contributed by atoms with Crippen LogP contribution in [0.3, 0.4) is 0 Å². The van der Waals surface area contributed by atoms with Gasteiger partial charge in [0.1, 0.15) is 0 Å². The summed E-state index contributed by atoms with van der Waals surface area (Å²) in [6.45, 7) is 10.2. The predicted octanol–water partition coefficient (Wildman–Crippen LogP) is 3.53. The quantitative estimate of drug-likeness (QED) is 0.792. The lowest BCUT2D eigenvalue weighted by Gasteiger charge is -2.22. The SMILES string of the molecule is Cc1ccc(CN(C)CC(C#N)C(C)C)c(C)c1. The van der Waals surface area contributed by atoms with Crippen molar-refractivity contribution in [3.8, 4) is 6.07 Å². The van der Waals surface area contributed by atoms with Crippen molar-refractivity contribution in [3.63, 3.8) is 0 Å². The molecule has 0 aliphatic heterocycles. The number of nitrogens with zero attached hydrogens (tertiary/aromatic N) is 2. The van der Waals surface area contributed by atoms with Crippen LogP contribution in [0.1, 0.15) is 30.5 Å². The van der Waals surface area contributed by atoms with Gasteiger partial charge in [0.25, 0.3) is 0 Å². The molecule has 0 spiro atoms. The molecule has 0 bridgehead atoms. The highest BCUT2D eigenvalue weighted by molar-refractivity contribution is 5.30. The van der Waals surface area contributed by atoms with E-state index in [1.54, 1.807) is 0 Å². The molecule has 1 aromatic carbocycles. The average Bonchev–Trinajstić information content (AvgIpc) is 2.29. The minimum absolute atomic E-state index is 0.112. The number of hydrogen-bond donors (Lipinski definition) is 0. The van der Waals surface area contributed by atoms with Crippen LogP contribution in [0, 0.1) is 37.0 Å². The molecular weight excluding hydrogens is 220 g/mol. The van der Waals surface area contributed by atoms with E-state index < -0.39 is 0 Å². The van der Waals surface area contributed by atoms with Gasteiger partial charge in [-0.2, -0.15) is 5.26 Å². The smallest absolute Gasteiger partial charge is 0.0672 e. The van der Waals surface area contributed by atoms with Gasteiger partial charge in [-0.1, -0.05) is 37.6 Å². The second kappa shape index (κ2) is 6.56. The van der Waals surface area contributed by atoms with Gasteiger partial charge in [0.05, 0.1) is 12.0 Å². The first-order valence-corrected chi connectivity index (χ1v) is 6.58. The number of aryl methyl sites for hydroxylation is 2. The first-order chi connectivity index (χ1) is 8.43. The zero-order chi connectivity index (χ0) is 13.7. The van der Waals surface area contributed by atoms with E-state index in [-0.39, 0.29) is 5.92 Å². The lowest BCUT2D eigenvalue weighted by atomic mass is 9.96. The standard InChI is InChI=1S/C16H24N2/c1-12(2)16(9-17)11-18(5)10-15-7-6-13(3)8-14(15)4/h6-8,12,16H,10-11H2,1-5H3. The van der Waals surface area contributed by atoms with Crippen LogP contribution in [0.5, 0.6) is 0 Å². The van der Waals surface area contributed by atoms with Crippen molar-refractivity contribution in [2.45, 2.75) is 34.2 Å². The zero-order valence-electron chi connectivity index (χ0n) is 12.2. The number of hydrogen-bond acceptors (Lipinski definition) is 2. The van der Waals surface area contributed by atoms with Crippen LogP contribution in [0.4, 0.5) is 0 Å². The first kappa shape index (κ1) is 14.7. The van der Waals surface area contributed by atoms with Gasteiger partial charge in [0.15, 0.2) is 0 Å². The fraction of sp³-hybridized carbons (Fsp3) is 0.562. The van der Waals surface area contributed by atoms with E-state index in [2.05, 4.69) is 63.9 Å². The molecule has 0 aliphatic rings. The fourth-order valence-corrected chi connectivity index (χ4v) is 2.12. The van der Waals surface area contributed by atoms with E-state index in [0.717, 1.165) is 13.1 Å². The van der Waals surface area contributed by atoms with E-state index in [1.807, 2.05) is 0 Å². The molecule has 0 aromatic heterocycles. The largest absolute Gasteiger partial charge is 0.301 e.